The number of hydrogen-bond acceptors (Lipinski definition) is 1. The van der Waals surface area contributed by atoms with Crippen LogP contribution in [-0.2, 0) is 0 Å². The Hall–Kier alpha value is -2.32. The summed E-state index contributed by atoms with van der Waals surface area (Å²) in [4.78, 5) is 3.41. The lowest BCUT2D eigenvalue weighted by atomic mass is 9.96. The van der Waals surface area contributed by atoms with Gasteiger partial charge in [-0.25, -0.2) is 0 Å². The van der Waals surface area contributed by atoms with E-state index in [1.54, 1.807) is 0 Å². The van der Waals surface area contributed by atoms with Crippen LogP contribution >= 0.6 is 0 Å². The predicted molar refractivity (Wildman–Crippen MR) is 93.9 cm³/mol. The van der Waals surface area contributed by atoms with Gasteiger partial charge in [0.1, 0.15) is 0 Å². The Morgan fingerprint density at radius 2 is 1.91 bits per heavy atom. The van der Waals surface area contributed by atoms with Crippen LogP contribution < -0.4 is 5.32 Å². The smallest absolute Gasteiger partial charge is 0.0460 e. The molecule has 0 atom stereocenters. The van der Waals surface area contributed by atoms with Crippen molar-refractivity contribution < 1.29 is 0 Å². The second-order valence-electron chi connectivity index (χ2n) is 6.02. The largest absolute Gasteiger partial charge is 0.361 e. The van der Waals surface area contributed by atoms with E-state index in [1.807, 2.05) is 0 Å². The van der Waals surface area contributed by atoms with Crippen LogP contribution in [0.4, 0.5) is 0 Å². The summed E-state index contributed by atoms with van der Waals surface area (Å²) in [5, 5.41) is 4.71. The molecule has 3 aromatic rings. The number of hydrogen-bond donors (Lipinski definition) is 2. The molecule has 0 aliphatic carbocycles. The molecule has 22 heavy (non-hydrogen) atoms. The molecule has 1 aliphatic rings. The lowest BCUT2D eigenvalue weighted by molar-refractivity contribution is 0.739. The van der Waals surface area contributed by atoms with Crippen LogP contribution in [0.3, 0.4) is 0 Å². The number of aromatic nitrogens is 1. The van der Waals surface area contributed by atoms with Crippen molar-refractivity contribution in [2.75, 3.05) is 13.1 Å². The van der Waals surface area contributed by atoms with E-state index in [9.17, 15) is 0 Å². The molecule has 4 rings (SSSR count). The first kappa shape index (κ1) is 13.4. The monoisotopic (exact) mass is 288 g/mol. The highest BCUT2D eigenvalue weighted by atomic mass is 14.8. The fourth-order valence-electron chi connectivity index (χ4n) is 3.26. The molecule has 2 heterocycles. The average molecular weight is 288 g/mol. The molecule has 0 saturated carbocycles. The third kappa shape index (κ3) is 2.36. The van der Waals surface area contributed by atoms with Crippen molar-refractivity contribution in [3.63, 3.8) is 0 Å². The molecule has 110 valence electrons. The summed E-state index contributed by atoms with van der Waals surface area (Å²) in [5.41, 5.74) is 7.89. The molecule has 2 aromatic carbocycles. The quantitative estimate of drug-likeness (QED) is 0.713. The van der Waals surface area contributed by atoms with E-state index in [2.05, 4.69) is 72.0 Å². The van der Waals surface area contributed by atoms with E-state index < -0.39 is 0 Å². The Kier molecular flexibility index (Phi) is 3.32. The predicted octanol–water partition coefficient (Wildman–Crippen LogP) is 4.52. The van der Waals surface area contributed by atoms with Crippen LogP contribution in [0.15, 0.2) is 54.7 Å². The summed E-state index contributed by atoms with van der Waals surface area (Å²) >= 11 is 0. The molecule has 0 radical (unpaired) electrons. The van der Waals surface area contributed by atoms with E-state index in [1.165, 1.54) is 38.7 Å². The van der Waals surface area contributed by atoms with Crippen molar-refractivity contribution in [2.24, 2.45) is 0 Å². The van der Waals surface area contributed by atoms with Gasteiger partial charge in [-0.3, -0.25) is 0 Å². The van der Waals surface area contributed by atoms with Crippen molar-refractivity contribution in [3.8, 4) is 11.1 Å². The molecule has 2 N–H and O–H groups in total. The number of fused-ring (bicyclic) bond motifs is 1. The minimum atomic E-state index is 0.972. The van der Waals surface area contributed by atoms with Crippen molar-refractivity contribution in [1.29, 1.82) is 0 Å². The summed E-state index contributed by atoms with van der Waals surface area (Å²) in [6.45, 7) is 4.18. The molecule has 2 heteroatoms. The summed E-state index contributed by atoms with van der Waals surface area (Å²) in [6, 6.07) is 15.4. The van der Waals surface area contributed by atoms with Gasteiger partial charge in [-0.1, -0.05) is 42.0 Å². The number of nitrogens with one attached hydrogen (secondary N) is 2. The van der Waals surface area contributed by atoms with E-state index in [0.717, 1.165) is 19.5 Å². The van der Waals surface area contributed by atoms with Crippen LogP contribution in [-0.4, -0.2) is 18.1 Å². The Morgan fingerprint density at radius 1 is 1.00 bits per heavy atom. The molecular weight excluding hydrogens is 268 g/mol. The molecule has 1 aliphatic heterocycles. The zero-order chi connectivity index (χ0) is 14.9. The third-order valence-electron chi connectivity index (χ3n) is 4.44. The molecular formula is C20H20N2. The van der Waals surface area contributed by atoms with Crippen LogP contribution in [0, 0.1) is 6.92 Å². The first-order chi connectivity index (χ1) is 10.8. The zero-order valence-electron chi connectivity index (χ0n) is 12.8. The normalized spacial score (nSPS) is 15.0. The summed E-state index contributed by atoms with van der Waals surface area (Å²) in [5.74, 6) is 0. The van der Waals surface area contributed by atoms with Crippen molar-refractivity contribution in [2.45, 2.75) is 13.3 Å². The van der Waals surface area contributed by atoms with E-state index in [-0.39, 0.29) is 0 Å². The van der Waals surface area contributed by atoms with Crippen LogP contribution in [0.1, 0.15) is 17.5 Å². The molecule has 0 bridgehead atoms. The van der Waals surface area contributed by atoms with E-state index in [4.69, 9.17) is 0 Å². The van der Waals surface area contributed by atoms with Gasteiger partial charge in [0, 0.05) is 29.2 Å². The van der Waals surface area contributed by atoms with Crippen LogP contribution in [0.5, 0.6) is 0 Å². The van der Waals surface area contributed by atoms with Gasteiger partial charge in [-0.05, 0) is 48.7 Å². The van der Waals surface area contributed by atoms with Crippen LogP contribution in [0.2, 0.25) is 0 Å². The fraction of sp³-hybridized carbons (Fsp3) is 0.200. The van der Waals surface area contributed by atoms with Gasteiger partial charge in [0.15, 0.2) is 0 Å². The minimum Gasteiger partial charge on any atom is -0.361 e. The molecule has 1 aromatic heterocycles. The lowest BCUT2D eigenvalue weighted by Crippen LogP contribution is -2.19. The highest BCUT2D eigenvalue weighted by Crippen LogP contribution is 2.31. The second-order valence-corrected chi connectivity index (χ2v) is 6.02. The van der Waals surface area contributed by atoms with Crippen molar-refractivity contribution in [1.82, 2.24) is 10.3 Å². The Bertz CT molecular complexity index is 855. The van der Waals surface area contributed by atoms with E-state index >= 15 is 0 Å². The number of aromatic amines is 1. The fourth-order valence-corrected chi connectivity index (χ4v) is 3.26. The SMILES string of the molecule is Cc1cccc(-c2ccc3[nH]cc(C4=CCNCC4)c3c2)c1. The summed E-state index contributed by atoms with van der Waals surface area (Å²) < 4.78 is 0. The standard InChI is InChI=1S/C20H20N2/c1-14-3-2-4-16(11-14)17-5-6-20-18(12-17)19(13-22-20)15-7-9-21-10-8-15/h2-7,11-13,21-22H,8-10H2,1H3. The maximum absolute atomic E-state index is 3.41. The van der Waals surface area contributed by atoms with Gasteiger partial charge in [0.25, 0.3) is 0 Å². The number of aryl methyl sites for hydroxylation is 1. The zero-order valence-corrected chi connectivity index (χ0v) is 12.8. The van der Waals surface area contributed by atoms with Gasteiger partial charge in [0.05, 0.1) is 0 Å². The van der Waals surface area contributed by atoms with Gasteiger partial charge >= 0.3 is 0 Å². The molecule has 0 amide bonds. The lowest BCUT2D eigenvalue weighted by Gasteiger charge is -2.13. The number of rotatable bonds is 2. The molecule has 0 unspecified atom stereocenters. The minimum absolute atomic E-state index is 0.972. The highest BCUT2D eigenvalue weighted by Gasteiger charge is 2.11. The number of H-pyrrole nitrogens is 1. The highest BCUT2D eigenvalue weighted by molar-refractivity contribution is 5.95. The molecule has 0 fully saturated rings. The second kappa shape index (κ2) is 5.47. The number of benzene rings is 2. The van der Waals surface area contributed by atoms with Crippen molar-refractivity contribution in [3.05, 3.63) is 65.9 Å². The Morgan fingerprint density at radius 3 is 2.73 bits per heavy atom. The van der Waals surface area contributed by atoms with Crippen molar-refractivity contribution >= 4 is 16.5 Å². The average Bonchev–Trinajstić information content (AvgIpc) is 2.99. The molecule has 0 saturated heterocycles. The molecule has 0 spiro atoms. The maximum atomic E-state index is 3.41. The third-order valence-corrected chi connectivity index (χ3v) is 4.44. The van der Waals surface area contributed by atoms with Gasteiger partial charge in [-0.2, -0.15) is 0 Å². The maximum Gasteiger partial charge on any atom is 0.0460 e. The Labute approximate surface area is 130 Å². The van der Waals surface area contributed by atoms with Gasteiger partial charge < -0.3 is 10.3 Å². The van der Waals surface area contributed by atoms with Crippen LogP contribution in [0.25, 0.3) is 27.6 Å². The summed E-state index contributed by atoms with van der Waals surface area (Å²) in [6.07, 6.45) is 5.56. The topological polar surface area (TPSA) is 27.8 Å². The Balaban J connectivity index is 1.84. The van der Waals surface area contributed by atoms with E-state index in [0.29, 0.717) is 0 Å². The first-order valence-corrected chi connectivity index (χ1v) is 7.89. The van der Waals surface area contributed by atoms with Gasteiger partial charge in [0.2, 0.25) is 0 Å². The summed E-state index contributed by atoms with van der Waals surface area (Å²) in [7, 11) is 0. The first-order valence-electron chi connectivity index (χ1n) is 7.89. The van der Waals surface area contributed by atoms with Gasteiger partial charge in [-0.15, -0.1) is 0 Å². The molecule has 2 nitrogen and oxygen atoms in total.